The van der Waals surface area contributed by atoms with E-state index in [4.69, 9.17) is 14.6 Å². The van der Waals surface area contributed by atoms with Crippen LogP contribution in [0.2, 0.25) is 0 Å². The number of rotatable bonds is 6. The van der Waals surface area contributed by atoms with Gasteiger partial charge in [-0.1, -0.05) is 30.3 Å². The molecule has 2 fully saturated rings. The number of benzene rings is 1. The molecule has 1 N–H and O–H groups in total. The largest absolute Gasteiger partial charge is 0.483 e. The lowest BCUT2D eigenvalue weighted by Gasteiger charge is -2.35. The van der Waals surface area contributed by atoms with Crippen molar-refractivity contribution in [2.75, 3.05) is 6.61 Å². The molecule has 2 aliphatic rings. The maximum atomic E-state index is 13.3. The molecule has 3 atom stereocenters. The smallest absolute Gasteiger partial charge is 0.314 e. The summed E-state index contributed by atoms with van der Waals surface area (Å²) in [5.74, 6) is -0.294. The molecule has 0 saturated carbocycles. The number of nitrogens with zero attached hydrogens (tertiary/aromatic N) is 2. The Labute approximate surface area is 181 Å². The molecule has 166 valence electrons. The number of sulfonamides is 1. The van der Waals surface area contributed by atoms with Crippen molar-refractivity contribution in [2.24, 2.45) is 5.41 Å². The molecule has 8 nitrogen and oxygen atoms in total. The molecule has 0 amide bonds. The number of aromatic nitrogens is 1. The van der Waals surface area contributed by atoms with Gasteiger partial charge in [0.15, 0.2) is 0 Å². The predicted molar refractivity (Wildman–Crippen MR) is 113 cm³/mol. The van der Waals surface area contributed by atoms with Crippen molar-refractivity contribution in [2.45, 2.75) is 49.6 Å². The van der Waals surface area contributed by atoms with Crippen molar-refractivity contribution < 1.29 is 27.9 Å². The van der Waals surface area contributed by atoms with Gasteiger partial charge >= 0.3 is 5.97 Å². The van der Waals surface area contributed by atoms with Gasteiger partial charge < -0.3 is 9.84 Å². The van der Waals surface area contributed by atoms with Crippen molar-refractivity contribution in [3.8, 4) is 0 Å². The molecular weight excluding hydrogens is 420 g/mol. The van der Waals surface area contributed by atoms with Crippen LogP contribution in [0.1, 0.15) is 31.7 Å². The molecule has 4 rings (SSSR count). The van der Waals surface area contributed by atoms with E-state index in [1.54, 1.807) is 29.6 Å². The summed E-state index contributed by atoms with van der Waals surface area (Å²) in [7, 11) is -3.72. The zero-order chi connectivity index (χ0) is 22.5. The van der Waals surface area contributed by atoms with E-state index in [0.717, 1.165) is 12.0 Å². The Balaban J connectivity index is 0.000000858. The van der Waals surface area contributed by atoms with Crippen LogP contribution in [0.25, 0.3) is 0 Å². The molecule has 0 radical (unpaired) electrons. The van der Waals surface area contributed by atoms with Gasteiger partial charge in [0.1, 0.15) is 4.90 Å². The first-order chi connectivity index (χ1) is 14.9. The number of hydrogen-bond acceptors (Lipinski definition) is 6. The van der Waals surface area contributed by atoms with E-state index in [1.165, 1.54) is 6.20 Å². The van der Waals surface area contributed by atoms with Crippen LogP contribution in [-0.2, 0) is 30.8 Å². The first-order valence-electron chi connectivity index (χ1n) is 10.1. The number of fused-ring (bicyclic) bond motifs is 2. The number of carbonyl (C=O) groups excluding carboxylic acids is 1. The lowest BCUT2D eigenvalue weighted by molar-refractivity contribution is -0.157. The standard InChI is InChI=1S/C21H24N2O4S.CH2O2/c1-2-27-20(24)21(13-16-7-4-3-5-8-16)14-17-10-11-19(21)23(17)28(25,26)18-9-6-12-22-15-18;2-1-3/h3-9,12,15,17,19H,2,10-11,13-14H2,1H3;1H,(H,2,3)/t17-,19+,21+;/m1./s1. The normalized spacial score (nSPS) is 24.8. The van der Waals surface area contributed by atoms with Gasteiger partial charge in [0.05, 0.1) is 12.0 Å². The van der Waals surface area contributed by atoms with Gasteiger partial charge in [0.2, 0.25) is 10.0 Å². The summed E-state index contributed by atoms with van der Waals surface area (Å²) in [5.41, 5.74) is 0.164. The Morgan fingerprint density at radius 2 is 1.97 bits per heavy atom. The topological polar surface area (TPSA) is 114 Å². The molecule has 31 heavy (non-hydrogen) atoms. The van der Waals surface area contributed by atoms with Gasteiger partial charge in [0, 0.05) is 24.5 Å². The van der Waals surface area contributed by atoms with E-state index < -0.39 is 21.5 Å². The maximum Gasteiger partial charge on any atom is 0.314 e. The Morgan fingerprint density at radius 1 is 1.26 bits per heavy atom. The highest BCUT2D eigenvalue weighted by atomic mass is 32.2. The molecular formula is C22H26N2O6S. The van der Waals surface area contributed by atoms with Crippen LogP contribution in [0.15, 0.2) is 59.8 Å². The Kier molecular flexibility index (Phi) is 7.07. The lowest BCUT2D eigenvalue weighted by atomic mass is 9.70. The highest BCUT2D eigenvalue weighted by Crippen LogP contribution is 2.54. The minimum atomic E-state index is -3.72. The van der Waals surface area contributed by atoms with Crippen LogP contribution in [0.3, 0.4) is 0 Å². The number of pyridine rings is 1. The van der Waals surface area contributed by atoms with E-state index in [0.29, 0.717) is 19.3 Å². The summed E-state index contributed by atoms with van der Waals surface area (Å²) in [6.07, 6.45) is 5.32. The summed E-state index contributed by atoms with van der Waals surface area (Å²) in [6, 6.07) is 12.3. The average Bonchev–Trinajstić information content (AvgIpc) is 3.33. The maximum absolute atomic E-state index is 13.3. The molecule has 9 heteroatoms. The van der Waals surface area contributed by atoms with Crippen molar-refractivity contribution in [1.82, 2.24) is 9.29 Å². The summed E-state index contributed by atoms with van der Waals surface area (Å²) in [6.45, 7) is 1.81. The number of carboxylic acid groups (broad SMARTS) is 1. The quantitative estimate of drug-likeness (QED) is 0.536. The lowest BCUT2D eigenvalue weighted by Crippen LogP contribution is -2.47. The zero-order valence-corrected chi connectivity index (χ0v) is 18.1. The molecule has 1 aromatic heterocycles. The Bertz CT molecular complexity index is 999. The first kappa shape index (κ1) is 22.9. The van der Waals surface area contributed by atoms with Crippen molar-refractivity contribution in [1.29, 1.82) is 0 Å². The van der Waals surface area contributed by atoms with Gasteiger partial charge in [-0.2, -0.15) is 4.31 Å². The van der Waals surface area contributed by atoms with Crippen LogP contribution in [-0.4, -0.2) is 53.9 Å². The second-order valence-electron chi connectivity index (χ2n) is 7.62. The number of esters is 1. The van der Waals surface area contributed by atoms with Crippen LogP contribution in [0.5, 0.6) is 0 Å². The first-order valence-corrected chi connectivity index (χ1v) is 11.6. The number of ether oxygens (including phenoxy) is 1. The number of hydrogen-bond donors (Lipinski definition) is 1. The highest BCUT2D eigenvalue weighted by molar-refractivity contribution is 7.89. The van der Waals surface area contributed by atoms with E-state index in [2.05, 4.69) is 4.98 Å². The van der Waals surface area contributed by atoms with Crippen LogP contribution >= 0.6 is 0 Å². The molecule has 0 aliphatic carbocycles. The summed E-state index contributed by atoms with van der Waals surface area (Å²) >= 11 is 0. The van der Waals surface area contributed by atoms with E-state index in [-0.39, 0.29) is 30.0 Å². The third-order valence-corrected chi connectivity index (χ3v) is 7.88. The summed E-state index contributed by atoms with van der Waals surface area (Å²) < 4.78 is 33.7. The van der Waals surface area contributed by atoms with Gasteiger partial charge in [-0.15, -0.1) is 0 Å². The third-order valence-electron chi connectivity index (χ3n) is 5.93. The van der Waals surface area contributed by atoms with Crippen LogP contribution in [0.4, 0.5) is 0 Å². The SMILES string of the molecule is CCOC(=O)[C@@]1(Cc2ccccc2)C[C@H]2CC[C@@H]1N2S(=O)(=O)c1cccnc1.O=CO. The molecule has 2 saturated heterocycles. The van der Waals surface area contributed by atoms with Crippen molar-refractivity contribution >= 4 is 22.5 Å². The zero-order valence-electron chi connectivity index (χ0n) is 17.3. The number of carbonyl (C=O) groups is 2. The minimum absolute atomic E-state index is 0.172. The molecule has 0 spiro atoms. The van der Waals surface area contributed by atoms with E-state index >= 15 is 0 Å². The molecule has 3 heterocycles. The third kappa shape index (κ3) is 4.33. The van der Waals surface area contributed by atoms with Gasteiger partial charge in [-0.05, 0) is 50.3 Å². The van der Waals surface area contributed by atoms with Crippen molar-refractivity contribution in [3.63, 3.8) is 0 Å². The van der Waals surface area contributed by atoms with Crippen LogP contribution in [0, 0.1) is 5.41 Å². The van der Waals surface area contributed by atoms with Gasteiger partial charge in [-0.25, -0.2) is 8.42 Å². The Hall–Kier alpha value is -2.78. The Morgan fingerprint density at radius 3 is 2.58 bits per heavy atom. The summed E-state index contributed by atoms with van der Waals surface area (Å²) in [4.78, 5) is 25.6. The van der Waals surface area contributed by atoms with E-state index in [1.807, 2.05) is 30.3 Å². The fourth-order valence-corrected chi connectivity index (χ4v) is 6.73. The molecule has 2 aromatic rings. The minimum Gasteiger partial charge on any atom is -0.483 e. The van der Waals surface area contributed by atoms with Gasteiger partial charge in [-0.3, -0.25) is 14.6 Å². The molecule has 2 aliphatic heterocycles. The highest BCUT2D eigenvalue weighted by Gasteiger charge is 2.63. The fraction of sp³-hybridized carbons (Fsp3) is 0.409. The van der Waals surface area contributed by atoms with Crippen molar-refractivity contribution in [3.05, 3.63) is 60.4 Å². The predicted octanol–water partition coefficient (Wildman–Crippen LogP) is 2.50. The summed E-state index contributed by atoms with van der Waals surface area (Å²) in [5, 5.41) is 6.89. The molecule has 0 unspecified atom stereocenters. The second kappa shape index (κ2) is 9.57. The average molecular weight is 447 g/mol. The second-order valence-corrected chi connectivity index (χ2v) is 9.46. The van der Waals surface area contributed by atoms with E-state index in [9.17, 15) is 13.2 Å². The van der Waals surface area contributed by atoms with Gasteiger partial charge in [0.25, 0.3) is 6.47 Å². The molecule has 2 bridgehead atoms. The van der Waals surface area contributed by atoms with Crippen LogP contribution < -0.4 is 0 Å². The monoisotopic (exact) mass is 446 g/mol. The fourth-order valence-electron chi connectivity index (χ4n) is 4.83. The molecule has 1 aromatic carbocycles.